The van der Waals surface area contributed by atoms with E-state index in [-0.39, 0.29) is 6.42 Å². The molecule has 3 nitrogen and oxygen atoms in total. The van der Waals surface area contributed by atoms with Gasteiger partial charge in [-0.2, -0.15) is 0 Å². The summed E-state index contributed by atoms with van der Waals surface area (Å²) in [5, 5.41) is 8.74. The summed E-state index contributed by atoms with van der Waals surface area (Å²) >= 11 is -0.724. The maximum atomic E-state index is 12.3. The molecule has 10 heteroatoms. The third kappa shape index (κ3) is 4.36. The summed E-state index contributed by atoms with van der Waals surface area (Å²) in [4.78, 5) is 12.9. The van der Waals surface area contributed by atoms with Gasteiger partial charge in [-0.05, 0) is 0 Å². The normalized spacial score (nSPS) is 15.4. The molecule has 0 spiro atoms. The van der Waals surface area contributed by atoms with Crippen molar-refractivity contribution in [1.82, 2.24) is 0 Å². The van der Waals surface area contributed by atoms with Crippen molar-refractivity contribution in [2.75, 3.05) is 11.5 Å². The number of hydrogen-bond donors (Lipinski definition) is 1. The molecule has 0 heterocycles. The summed E-state index contributed by atoms with van der Waals surface area (Å²) in [6.45, 7) is -0.617. The zero-order chi connectivity index (χ0) is 15.5. The van der Waals surface area contributed by atoms with Crippen LogP contribution in [0.2, 0.25) is 0 Å². The van der Waals surface area contributed by atoms with Gasteiger partial charge in [0.25, 0.3) is 0 Å². The van der Waals surface area contributed by atoms with Crippen LogP contribution in [0.3, 0.4) is 0 Å². The van der Waals surface area contributed by atoms with Gasteiger partial charge in [0.1, 0.15) is 0 Å². The van der Waals surface area contributed by atoms with Crippen molar-refractivity contribution in [2.24, 2.45) is 0 Å². The molecule has 0 radical (unpaired) electrons. The first kappa shape index (κ1) is 18.7. The Morgan fingerprint density at radius 1 is 1.21 bits per heavy atom. The minimum absolute atomic E-state index is 0.263. The molecule has 0 aliphatic rings. The number of ether oxygens (including phenoxy) is 1. The van der Waals surface area contributed by atoms with Crippen molar-refractivity contribution in [3.05, 3.63) is 0 Å². The minimum atomic E-state index is -5.98. The number of carbonyl (C=O) groups is 1. The van der Waals surface area contributed by atoms with Gasteiger partial charge in [0.15, 0.2) is 0 Å². The van der Waals surface area contributed by atoms with Crippen LogP contribution in [0.1, 0.15) is 13.3 Å². The number of hydrogen-bond acceptors (Lipinski definition) is 3. The van der Waals surface area contributed by atoms with Gasteiger partial charge >= 0.3 is 115 Å². The topological polar surface area (TPSA) is 46.5 Å². The SMILES string of the molecule is CCC([I-]C)C(=O)OCC(O)(C(F)(F)F)C(F)(F)F. The molecule has 0 rings (SSSR count). The monoisotopic (exact) mass is 409 g/mol. The van der Waals surface area contributed by atoms with Gasteiger partial charge in [-0.15, -0.1) is 0 Å². The number of carbonyl (C=O) groups excluding carboxylic acids is 1. The van der Waals surface area contributed by atoms with Crippen LogP contribution in [0, 0.1) is 0 Å². The van der Waals surface area contributed by atoms with Gasteiger partial charge in [-0.25, -0.2) is 0 Å². The van der Waals surface area contributed by atoms with Gasteiger partial charge in [0.05, 0.1) is 0 Å². The Bertz CT molecular complexity index is 296. The predicted octanol–water partition coefficient (Wildman–Crippen LogP) is -1.12. The van der Waals surface area contributed by atoms with Crippen molar-refractivity contribution in [3.8, 4) is 0 Å². The van der Waals surface area contributed by atoms with E-state index in [0.29, 0.717) is 0 Å². The molecule has 0 saturated heterocycles. The van der Waals surface area contributed by atoms with Crippen LogP contribution in [0.5, 0.6) is 0 Å². The number of halogens is 7. The van der Waals surface area contributed by atoms with E-state index in [2.05, 4.69) is 4.74 Å². The zero-order valence-corrected chi connectivity index (χ0v) is 12.1. The second-order valence-electron chi connectivity index (χ2n) is 3.56. The molecule has 0 amide bonds. The molecule has 0 fully saturated rings. The Kier molecular flexibility index (Phi) is 6.37. The van der Waals surface area contributed by atoms with Crippen molar-refractivity contribution < 1.29 is 62.2 Å². The third-order valence-electron chi connectivity index (χ3n) is 2.24. The molecule has 0 saturated carbocycles. The fourth-order valence-electron chi connectivity index (χ4n) is 1.00. The van der Waals surface area contributed by atoms with Gasteiger partial charge in [-0.1, -0.05) is 0 Å². The van der Waals surface area contributed by atoms with Crippen LogP contribution in [0.15, 0.2) is 0 Å². The second kappa shape index (κ2) is 6.46. The van der Waals surface area contributed by atoms with E-state index in [0.717, 1.165) is 0 Å². The summed E-state index contributed by atoms with van der Waals surface area (Å²) in [5.41, 5.74) is -5.04. The summed E-state index contributed by atoms with van der Waals surface area (Å²) in [6.07, 6.45) is -11.7. The summed E-state index contributed by atoms with van der Waals surface area (Å²) < 4.78 is 76.9. The van der Waals surface area contributed by atoms with Crippen molar-refractivity contribution in [3.63, 3.8) is 0 Å². The maximum absolute atomic E-state index is 12.3. The number of aliphatic hydroxyl groups is 1. The molecule has 1 unspecified atom stereocenters. The quantitative estimate of drug-likeness (QED) is 0.271. The summed E-state index contributed by atoms with van der Waals surface area (Å²) in [7, 11) is 0. The van der Waals surface area contributed by atoms with Crippen LogP contribution in [-0.4, -0.2) is 44.5 Å². The van der Waals surface area contributed by atoms with Gasteiger partial charge in [0.2, 0.25) is 0 Å². The summed E-state index contributed by atoms with van der Waals surface area (Å²) in [6, 6.07) is 0. The molecule has 116 valence electrons. The average molecular weight is 409 g/mol. The number of esters is 1. The van der Waals surface area contributed by atoms with E-state index in [1.807, 2.05) is 0 Å². The molecule has 1 N–H and O–H groups in total. The summed E-state index contributed by atoms with van der Waals surface area (Å²) in [5.74, 6) is -1.15. The fourth-order valence-corrected chi connectivity index (χ4v) is 2.57. The number of rotatable bonds is 5. The molecule has 0 aliphatic heterocycles. The Balaban J connectivity index is 4.95. The zero-order valence-electron chi connectivity index (χ0n) is 9.90. The Morgan fingerprint density at radius 3 is 1.89 bits per heavy atom. The number of alkyl halides is 8. The third-order valence-corrected chi connectivity index (χ3v) is 5.13. The van der Waals surface area contributed by atoms with E-state index >= 15 is 0 Å². The van der Waals surface area contributed by atoms with Crippen LogP contribution in [-0.2, 0) is 9.53 Å². The molecule has 0 aliphatic carbocycles. The van der Waals surface area contributed by atoms with Crippen molar-refractivity contribution in [1.29, 1.82) is 0 Å². The molecule has 0 aromatic heterocycles. The Morgan fingerprint density at radius 2 is 1.63 bits per heavy atom. The van der Waals surface area contributed by atoms with E-state index in [9.17, 15) is 31.1 Å². The molecule has 0 bridgehead atoms. The Hall–Kier alpha value is -0.260. The molecule has 19 heavy (non-hydrogen) atoms. The molecular weight excluding hydrogens is 397 g/mol. The van der Waals surface area contributed by atoms with E-state index in [1.165, 1.54) is 0 Å². The van der Waals surface area contributed by atoms with E-state index < -0.39 is 55.7 Å². The first-order chi connectivity index (χ1) is 8.40. The van der Waals surface area contributed by atoms with Crippen LogP contribution >= 0.6 is 0 Å². The van der Waals surface area contributed by atoms with E-state index in [4.69, 9.17) is 5.11 Å². The van der Waals surface area contributed by atoms with Crippen LogP contribution in [0.25, 0.3) is 0 Å². The molecule has 0 aromatic rings. The molecule has 1 atom stereocenters. The first-order valence-corrected chi connectivity index (χ1v) is 8.31. The first-order valence-electron chi connectivity index (χ1n) is 4.91. The molecular formula is C9H12F6IO3-. The van der Waals surface area contributed by atoms with E-state index in [1.54, 1.807) is 11.9 Å². The fraction of sp³-hybridized carbons (Fsp3) is 0.889. The standard InChI is InChI=1S/C9H12F6IO3/c1-3-5(16-2)6(17)19-4-7(18,8(10,11)12)9(13,14)15/h5,18H,3-4H2,1-2H3/q-1. The second-order valence-corrected chi connectivity index (χ2v) is 6.31. The predicted molar refractivity (Wildman–Crippen MR) is 48.0 cm³/mol. The average Bonchev–Trinajstić information content (AvgIpc) is 2.24. The molecule has 0 aromatic carbocycles. The van der Waals surface area contributed by atoms with Crippen molar-refractivity contribution >= 4 is 5.97 Å². The van der Waals surface area contributed by atoms with Gasteiger partial charge < -0.3 is 0 Å². The van der Waals surface area contributed by atoms with Crippen molar-refractivity contribution in [2.45, 2.75) is 35.2 Å². The van der Waals surface area contributed by atoms with Crippen LogP contribution in [0.4, 0.5) is 26.3 Å². The van der Waals surface area contributed by atoms with Gasteiger partial charge in [-0.3, -0.25) is 0 Å². The van der Waals surface area contributed by atoms with Gasteiger partial charge in [0, 0.05) is 0 Å². The Labute approximate surface area is 115 Å². The van der Waals surface area contributed by atoms with Crippen LogP contribution < -0.4 is 21.2 Å².